The molecular formula is C16H26N4O2S. The van der Waals surface area contributed by atoms with Gasteiger partial charge in [0.1, 0.15) is 0 Å². The Hall–Kier alpha value is -1.60. The van der Waals surface area contributed by atoms with Gasteiger partial charge in [-0.25, -0.2) is 4.79 Å². The number of piperidine rings is 1. The number of hydrogen-bond donors (Lipinski definition) is 3. The highest BCUT2D eigenvalue weighted by Gasteiger charge is 2.23. The minimum absolute atomic E-state index is 0.0164. The third-order valence-corrected chi connectivity index (χ3v) is 5.02. The van der Waals surface area contributed by atoms with Gasteiger partial charge in [0.2, 0.25) is 5.91 Å². The van der Waals surface area contributed by atoms with Crippen LogP contribution >= 0.6 is 11.3 Å². The molecule has 0 unspecified atom stereocenters. The van der Waals surface area contributed by atoms with Gasteiger partial charge in [0.05, 0.1) is 5.92 Å². The molecule has 1 aromatic heterocycles. The lowest BCUT2D eigenvalue weighted by Gasteiger charge is -2.31. The fraction of sp³-hybridized carbons (Fsp3) is 0.625. The van der Waals surface area contributed by atoms with E-state index >= 15 is 0 Å². The smallest absolute Gasteiger partial charge is 0.314 e. The number of amides is 3. The predicted octanol–water partition coefficient (Wildman–Crippen LogP) is 1.18. The Morgan fingerprint density at radius 3 is 2.91 bits per heavy atom. The molecule has 0 spiro atoms. The molecule has 23 heavy (non-hydrogen) atoms. The van der Waals surface area contributed by atoms with Gasteiger partial charge in [0.25, 0.3) is 0 Å². The summed E-state index contributed by atoms with van der Waals surface area (Å²) in [7, 11) is 0. The number of nitrogens with two attached hydrogens (primary N) is 1. The SMILES string of the molecule is NC(=O)[C@@H]1CCCN(CCCNC(=O)NCCc2cccs2)C1. The summed E-state index contributed by atoms with van der Waals surface area (Å²) >= 11 is 1.70. The summed E-state index contributed by atoms with van der Waals surface area (Å²) < 4.78 is 0. The third-order valence-electron chi connectivity index (χ3n) is 4.08. The molecule has 1 aliphatic heterocycles. The average molecular weight is 338 g/mol. The number of likely N-dealkylation sites (tertiary alicyclic amines) is 1. The summed E-state index contributed by atoms with van der Waals surface area (Å²) in [6, 6.07) is 3.97. The van der Waals surface area contributed by atoms with Crippen LogP contribution in [0.4, 0.5) is 4.79 Å². The molecule has 0 aliphatic carbocycles. The fourth-order valence-corrected chi connectivity index (χ4v) is 3.52. The first kappa shape index (κ1) is 17.7. The zero-order valence-corrected chi connectivity index (χ0v) is 14.2. The summed E-state index contributed by atoms with van der Waals surface area (Å²) in [5, 5.41) is 7.78. The Kier molecular flexibility index (Phi) is 7.35. The minimum Gasteiger partial charge on any atom is -0.369 e. The first-order chi connectivity index (χ1) is 11.1. The van der Waals surface area contributed by atoms with Crippen LogP contribution in [0.1, 0.15) is 24.1 Å². The molecule has 0 aromatic carbocycles. The maximum Gasteiger partial charge on any atom is 0.314 e. The van der Waals surface area contributed by atoms with E-state index in [2.05, 4.69) is 21.6 Å². The molecule has 4 N–H and O–H groups in total. The second-order valence-corrected chi connectivity index (χ2v) is 6.94. The van der Waals surface area contributed by atoms with Crippen molar-refractivity contribution < 1.29 is 9.59 Å². The average Bonchev–Trinajstić information content (AvgIpc) is 3.05. The molecule has 1 fully saturated rings. The van der Waals surface area contributed by atoms with Crippen LogP contribution < -0.4 is 16.4 Å². The van der Waals surface area contributed by atoms with Gasteiger partial charge >= 0.3 is 6.03 Å². The lowest BCUT2D eigenvalue weighted by Crippen LogP contribution is -2.42. The van der Waals surface area contributed by atoms with Gasteiger partial charge in [-0.3, -0.25) is 4.79 Å². The van der Waals surface area contributed by atoms with Crippen LogP contribution in [0.15, 0.2) is 17.5 Å². The van der Waals surface area contributed by atoms with Crippen molar-refractivity contribution in [2.45, 2.75) is 25.7 Å². The number of rotatable bonds is 8. The second-order valence-electron chi connectivity index (χ2n) is 5.91. The minimum atomic E-state index is -0.196. The fourth-order valence-electron chi connectivity index (χ4n) is 2.81. The predicted molar refractivity (Wildman–Crippen MR) is 92.4 cm³/mol. The van der Waals surface area contributed by atoms with Crippen molar-refractivity contribution in [2.75, 3.05) is 32.7 Å². The lowest BCUT2D eigenvalue weighted by atomic mass is 9.97. The van der Waals surface area contributed by atoms with E-state index in [4.69, 9.17) is 5.73 Å². The molecule has 1 atom stereocenters. The van der Waals surface area contributed by atoms with Crippen molar-refractivity contribution in [3.63, 3.8) is 0 Å². The summed E-state index contributed by atoms with van der Waals surface area (Å²) in [4.78, 5) is 26.4. The molecular weight excluding hydrogens is 312 g/mol. The molecule has 1 saturated heterocycles. The van der Waals surface area contributed by atoms with Crippen molar-refractivity contribution in [3.05, 3.63) is 22.4 Å². The molecule has 0 bridgehead atoms. The molecule has 3 amide bonds. The zero-order valence-electron chi connectivity index (χ0n) is 13.4. The molecule has 0 radical (unpaired) electrons. The summed E-state index contributed by atoms with van der Waals surface area (Å²) in [6.45, 7) is 3.94. The van der Waals surface area contributed by atoms with Crippen molar-refractivity contribution in [3.8, 4) is 0 Å². The standard InChI is InChI=1S/C16H26N4O2S/c17-15(21)13-4-1-9-20(12-13)10-3-7-18-16(22)19-8-6-14-5-2-11-23-14/h2,5,11,13H,1,3-4,6-10,12H2,(H2,17,21)(H2,18,19,22)/t13-/m1/s1. The van der Waals surface area contributed by atoms with Crippen LogP contribution in [-0.2, 0) is 11.2 Å². The number of carbonyl (C=O) groups excluding carboxylic acids is 2. The number of urea groups is 1. The maximum atomic E-state index is 11.7. The molecule has 128 valence electrons. The zero-order chi connectivity index (χ0) is 16.5. The molecule has 7 heteroatoms. The Labute approximate surface area is 141 Å². The van der Waals surface area contributed by atoms with E-state index in [1.165, 1.54) is 4.88 Å². The number of primary amides is 1. The Bertz CT molecular complexity index is 492. The first-order valence-electron chi connectivity index (χ1n) is 8.21. The van der Waals surface area contributed by atoms with Gasteiger partial charge in [0.15, 0.2) is 0 Å². The molecule has 1 aromatic rings. The van der Waals surface area contributed by atoms with Crippen LogP contribution in [0.25, 0.3) is 0 Å². The summed E-state index contributed by atoms with van der Waals surface area (Å²) in [5.74, 6) is -0.213. The molecule has 1 aliphatic rings. The van der Waals surface area contributed by atoms with Gasteiger partial charge in [-0.15, -0.1) is 11.3 Å². The Morgan fingerprint density at radius 1 is 1.35 bits per heavy atom. The number of nitrogens with one attached hydrogen (secondary N) is 2. The molecule has 0 saturated carbocycles. The van der Waals surface area contributed by atoms with E-state index in [1.807, 2.05) is 11.4 Å². The second kappa shape index (κ2) is 9.52. The third kappa shape index (κ3) is 6.58. The van der Waals surface area contributed by atoms with Gasteiger partial charge in [0, 0.05) is 24.5 Å². The highest BCUT2D eigenvalue weighted by molar-refractivity contribution is 7.09. The summed E-state index contributed by atoms with van der Waals surface area (Å²) in [5.41, 5.74) is 5.38. The largest absolute Gasteiger partial charge is 0.369 e. The number of thiophene rings is 1. The van der Waals surface area contributed by atoms with Crippen LogP contribution in [0.2, 0.25) is 0 Å². The summed E-state index contributed by atoms with van der Waals surface area (Å²) in [6.07, 6.45) is 3.66. The van der Waals surface area contributed by atoms with Gasteiger partial charge in [-0.2, -0.15) is 0 Å². The van der Waals surface area contributed by atoms with Gasteiger partial charge in [-0.05, 0) is 50.2 Å². The number of nitrogens with zero attached hydrogens (tertiary/aromatic N) is 1. The van der Waals surface area contributed by atoms with E-state index in [-0.39, 0.29) is 17.9 Å². The van der Waals surface area contributed by atoms with Crippen molar-refractivity contribution >= 4 is 23.3 Å². The normalized spacial score (nSPS) is 18.5. The van der Waals surface area contributed by atoms with Crippen LogP contribution in [0, 0.1) is 5.92 Å². The molecule has 2 rings (SSSR count). The monoisotopic (exact) mass is 338 g/mol. The van der Waals surface area contributed by atoms with E-state index in [1.54, 1.807) is 11.3 Å². The lowest BCUT2D eigenvalue weighted by molar-refractivity contribution is -0.123. The Morgan fingerprint density at radius 2 is 2.17 bits per heavy atom. The van der Waals surface area contributed by atoms with E-state index in [0.29, 0.717) is 13.1 Å². The van der Waals surface area contributed by atoms with Crippen molar-refractivity contribution in [1.29, 1.82) is 0 Å². The quantitative estimate of drug-likeness (QED) is 0.622. The molecule has 6 nitrogen and oxygen atoms in total. The van der Waals surface area contributed by atoms with E-state index in [0.717, 1.165) is 45.3 Å². The highest BCUT2D eigenvalue weighted by atomic mass is 32.1. The number of hydrogen-bond acceptors (Lipinski definition) is 4. The number of carbonyl (C=O) groups is 2. The van der Waals surface area contributed by atoms with Gasteiger partial charge < -0.3 is 21.3 Å². The maximum absolute atomic E-state index is 11.7. The highest BCUT2D eigenvalue weighted by Crippen LogP contribution is 2.15. The van der Waals surface area contributed by atoms with Crippen LogP contribution in [0.5, 0.6) is 0 Å². The first-order valence-corrected chi connectivity index (χ1v) is 9.09. The van der Waals surface area contributed by atoms with Crippen molar-refractivity contribution in [2.24, 2.45) is 11.7 Å². The van der Waals surface area contributed by atoms with Gasteiger partial charge in [-0.1, -0.05) is 6.07 Å². The van der Waals surface area contributed by atoms with E-state index in [9.17, 15) is 9.59 Å². The topological polar surface area (TPSA) is 87.5 Å². The Balaban J connectivity index is 1.51. The molecule has 2 heterocycles. The van der Waals surface area contributed by atoms with E-state index < -0.39 is 0 Å². The van der Waals surface area contributed by atoms with Crippen LogP contribution in [0.3, 0.4) is 0 Å². The van der Waals surface area contributed by atoms with Crippen LogP contribution in [-0.4, -0.2) is 49.6 Å². The van der Waals surface area contributed by atoms with Crippen molar-refractivity contribution in [1.82, 2.24) is 15.5 Å².